The van der Waals surface area contributed by atoms with E-state index in [1.165, 1.54) is 29.2 Å². The minimum atomic E-state index is -0.964. The van der Waals surface area contributed by atoms with Gasteiger partial charge in [0.15, 0.2) is 0 Å². The normalized spacial score (nSPS) is 12.2. The maximum atomic E-state index is 14.6. The summed E-state index contributed by atoms with van der Waals surface area (Å²) in [5.74, 6) is -2.03. The molecule has 184 valence electrons. The van der Waals surface area contributed by atoms with Crippen LogP contribution >= 0.6 is 11.6 Å². The molecule has 0 radical (unpaired) electrons. The van der Waals surface area contributed by atoms with Gasteiger partial charge in [0.25, 0.3) is 0 Å². The molecule has 0 bridgehead atoms. The van der Waals surface area contributed by atoms with E-state index in [1.807, 2.05) is 51.1 Å². The summed E-state index contributed by atoms with van der Waals surface area (Å²) in [6.07, 6.45) is -0.165. The maximum Gasteiger partial charge on any atom is 0.243 e. The molecule has 0 saturated carbocycles. The number of amides is 2. The zero-order valence-electron chi connectivity index (χ0n) is 20.0. The predicted octanol–water partition coefficient (Wildman–Crippen LogP) is 5.72. The van der Waals surface area contributed by atoms with Gasteiger partial charge in [0.2, 0.25) is 11.8 Å². The monoisotopic (exact) mass is 498 g/mol. The highest BCUT2D eigenvalue weighted by molar-refractivity contribution is 6.31. The van der Waals surface area contributed by atoms with Crippen molar-refractivity contribution >= 4 is 23.4 Å². The third-order valence-corrected chi connectivity index (χ3v) is 5.81. The number of hydrogen-bond donors (Lipinski definition) is 1. The van der Waals surface area contributed by atoms with Crippen LogP contribution in [0.4, 0.5) is 8.78 Å². The Labute approximate surface area is 209 Å². The van der Waals surface area contributed by atoms with Crippen LogP contribution in [0.2, 0.25) is 5.02 Å². The Morgan fingerprint density at radius 1 is 0.914 bits per heavy atom. The predicted molar refractivity (Wildman–Crippen MR) is 134 cm³/mol. The van der Waals surface area contributed by atoms with Gasteiger partial charge in [0.1, 0.15) is 17.7 Å². The van der Waals surface area contributed by atoms with Crippen LogP contribution in [0.5, 0.6) is 0 Å². The summed E-state index contributed by atoms with van der Waals surface area (Å²) in [6, 6.07) is 18.6. The van der Waals surface area contributed by atoms with Gasteiger partial charge in [-0.15, -0.1) is 0 Å². The molecule has 0 spiro atoms. The van der Waals surface area contributed by atoms with Crippen molar-refractivity contribution < 1.29 is 18.4 Å². The first-order chi connectivity index (χ1) is 16.5. The van der Waals surface area contributed by atoms with E-state index in [9.17, 15) is 18.4 Å². The highest BCUT2D eigenvalue weighted by Gasteiger charge is 2.33. The average molecular weight is 499 g/mol. The Morgan fingerprint density at radius 2 is 1.54 bits per heavy atom. The molecule has 1 N–H and O–H groups in total. The molecule has 0 fully saturated rings. The number of carbonyl (C=O) groups excluding carboxylic acids is 2. The summed E-state index contributed by atoms with van der Waals surface area (Å²) in [7, 11) is 0. The first kappa shape index (κ1) is 26.4. The number of nitrogens with one attached hydrogen (secondary N) is 1. The van der Waals surface area contributed by atoms with Gasteiger partial charge in [-0.1, -0.05) is 66.2 Å². The second kappa shape index (κ2) is 11.5. The second-order valence-corrected chi connectivity index (χ2v) is 9.84. The van der Waals surface area contributed by atoms with E-state index in [0.717, 1.165) is 5.56 Å². The first-order valence-electron chi connectivity index (χ1n) is 11.4. The van der Waals surface area contributed by atoms with E-state index in [1.54, 1.807) is 18.2 Å². The molecule has 0 saturated heterocycles. The number of carbonyl (C=O) groups is 2. The van der Waals surface area contributed by atoms with Gasteiger partial charge >= 0.3 is 0 Å². The van der Waals surface area contributed by atoms with Crippen LogP contribution in [0.25, 0.3) is 0 Å². The van der Waals surface area contributed by atoms with Gasteiger partial charge in [-0.05, 0) is 44.5 Å². The number of halogens is 3. The van der Waals surface area contributed by atoms with Crippen molar-refractivity contribution in [2.75, 3.05) is 0 Å². The van der Waals surface area contributed by atoms with Crippen molar-refractivity contribution in [2.24, 2.45) is 0 Å². The fraction of sp³-hybridized carbons (Fsp3) is 0.286. The van der Waals surface area contributed by atoms with E-state index >= 15 is 0 Å². The van der Waals surface area contributed by atoms with E-state index < -0.39 is 29.1 Å². The lowest BCUT2D eigenvalue weighted by atomic mass is 9.99. The molecule has 3 rings (SSSR count). The molecule has 0 aliphatic rings. The van der Waals surface area contributed by atoms with Crippen LogP contribution in [-0.2, 0) is 29.0 Å². The summed E-state index contributed by atoms with van der Waals surface area (Å²) < 4.78 is 29.1. The highest BCUT2D eigenvalue weighted by Crippen LogP contribution is 2.23. The third-order valence-electron chi connectivity index (χ3n) is 5.46. The molecular weight excluding hydrogens is 470 g/mol. The Hall–Kier alpha value is -3.25. The minimum Gasteiger partial charge on any atom is -0.350 e. The van der Waals surface area contributed by atoms with E-state index in [4.69, 9.17) is 11.6 Å². The summed E-state index contributed by atoms with van der Waals surface area (Å²) in [5.41, 5.74) is 0.555. The van der Waals surface area contributed by atoms with E-state index in [0.29, 0.717) is 0 Å². The lowest BCUT2D eigenvalue weighted by Crippen LogP contribution is -2.54. The Balaban J connectivity index is 2.04. The zero-order valence-corrected chi connectivity index (χ0v) is 20.8. The molecule has 0 aliphatic carbocycles. The average Bonchev–Trinajstić information content (AvgIpc) is 2.79. The van der Waals surface area contributed by atoms with Gasteiger partial charge < -0.3 is 10.2 Å². The van der Waals surface area contributed by atoms with Crippen molar-refractivity contribution in [3.05, 3.63) is 106 Å². The van der Waals surface area contributed by atoms with Crippen molar-refractivity contribution in [3.8, 4) is 0 Å². The molecule has 1 atom stereocenters. The maximum absolute atomic E-state index is 14.6. The largest absolute Gasteiger partial charge is 0.350 e. The lowest BCUT2D eigenvalue weighted by Gasteiger charge is -2.34. The Morgan fingerprint density at radius 3 is 2.17 bits per heavy atom. The van der Waals surface area contributed by atoms with Crippen LogP contribution in [0.15, 0.2) is 72.8 Å². The Bertz CT molecular complexity index is 1160. The quantitative estimate of drug-likeness (QED) is 0.432. The molecule has 0 aromatic heterocycles. The fourth-order valence-electron chi connectivity index (χ4n) is 3.77. The summed E-state index contributed by atoms with van der Waals surface area (Å²) in [4.78, 5) is 28.4. The second-order valence-electron chi connectivity index (χ2n) is 9.43. The molecule has 0 unspecified atom stereocenters. The van der Waals surface area contributed by atoms with Crippen LogP contribution in [0.1, 0.15) is 37.5 Å². The van der Waals surface area contributed by atoms with Crippen LogP contribution < -0.4 is 5.32 Å². The van der Waals surface area contributed by atoms with Gasteiger partial charge in [0.05, 0.1) is 6.42 Å². The first-order valence-corrected chi connectivity index (χ1v) is 11.7. The molecule has 3 aromatic rings. The lowest BCUT2D eigenvalue weighted by molar-refractivity contribution is -0.141. The van der Waals surface area contributed by atoms with Gasteiger partial charge in [0, 0.05) is 34.7 Å². The van der Waals surface area contributed by atoms with Crippen molar-refractivity contribution in [2.45, 2.75) is 51.7 Å². The van der Waals surface area contributed by atoms with Crippen LogP contribution in [-0.4, -0.2) is 28.3 Å². The van der Waals surface area contributed by atoms with Gasteiger partial charge in [-0.2, -0.15) is 0 Å². The Kier molecular flexibility index (Phi) is 8.62. The van der Waals surface area contributed by atoms with E-state index in [-0.39, 0.29) is 41.4 Å². The van der Waals surface area contributed by atoms with Crippen molar-refractivity contribution in [1.82, 2.24) is 10.2 Å². The van der Waals surface area contributed by atoms with Crippen LogP contribution in [0, 0.1) is 11.6 Å². The molecule has 0 aliphatic heterocycles. The number of benzene rings is 3. The minimum absolute atomic E-state index is 0.0346. The standard InChI is InChI=1S/C28H29ClF2N2O2/c1-28(2,3)32-27(35)25(16-19-10-5-4-6-11-19)33(18-20-12-7-8-14-23(20)30)26(34)17-21-22(29)13-9-15-24(21)31/h4-15,25H,16-18H2,1-3H3,(H,32,35)/t25-/m1/s1. The van der Waals surface area contributed by atoms with E-state index in [2.05, 4.69) is 5.32 Å². The highest BCUT2D eigenvalue weighted by atomic mass is 35.5. The number of nitrogens with zero attached hydrogens (tertiary/aromatic N) is 1. The SMILES string of the molecule is CC(C)(C)NC(=O)[C@@H](Cc1ccccc1)N(Cc1ccccc1F)C(=O)Cc1c(F)cccc1Cl. The molecule has 2 amide bonds. The summed E-state index contributed by atoms with van der Waals surface area (Å²) >= 11 is 6.17. The molecule has 3 aromatic carbocycles. The number of hydrogen-bond acceptors (Lipinski definition) is 2. The van der Waals surface area contributed by atoms with Gasteiger partial charge in [-0.3, -0.25) is 9.59 Å². The summed E-state index contributed by atoms with van der Waals surface area (Å²) in [5, 5.41) is 3.05. The fourth-order valence-corrected chi connectivity index (χ4v) is 4.00. The molecule has 4 nitrogen and oxygen atoms in total. The van der Waals surface area contributed by atoms with Gasteiger partial charge in [-0.25, -0.2) is 8.78 Å². The number of rotatable bonds is 8. The molecule has 0 heterocycles. The topological polar surface area (TPSA) is 49.4 Å². The van der Waals surface area contributed by atoms with Crippen molar-refractivity contribution in [1.29, 1.82) is 0 Å². The zero-order chi connectivity index (χ0) is 25.6. The summed E-state index contributed by atoms with van der Waals surface area (Å²) in [6.45, 7) is 5.36. The van der Waals surface area contributed by atoms with Crippen molar-refractivity contribution in [3.63, 3.8) is 0 Å². The molecular formula is C28H29ClF2N2O2. The third kappa shape index (κ3) is 7.36. The van der Waals surface area contributed by atoms with Crippen LogP contribution in [0.3, 0.4) is 0 Å². The molecule has 35 heavy (non-hydrogen) atoms. The smallest absolute Gasteiger partial charge is 0.243 e. The molecule has 7 heteroatoms.